The Hall–Kier alpha value is -2.96. The molecule has 1 N–H and O–H groups in total. The Bertz CT molecular complexity index is 1280. The molecule has 4 rings (SSSR count). The van der Waals surface area contributed by atoms with Gasteiger partial charge in [0, 0.05) is 11.1 Å². The van der Waals surface area contributed by atoms with Crippen LogP contribution in [0.25, 0.3) is 0 Å². The minimum atomic E-state index is -4.38. The number of para-hydroxylation sites is 1. The molecule has 1 atom stereocenters. The van der Waals surface area contributed by atoms with Crippen LogP contribution in [-0.4, -0.2) is 30.4 Å². The fraction of sp³-hybridized carbons (Fsp3) is 0.296. The second kappa shape index (κ2) is 9.12. The van der Waals surface area contributed by atoms with Crippen molar-refractivity contribution in [2.75, 3.05) is 11.4 Å². The third-order valence-electron chi connectivity index (χ3n) is 6.22. The molecule has 0 aliphatic carbocycles. The summed E-state index contributed by atoms with van der Waals surface area (Å²) >= 11 is 0. The minimum absolute atomic E-state index is 0.0942. The number of anilines is 1. The number of hydrogen-bond donors (Lipinski definition) is 1. The van der Waals surface area contributed by atoms with Gasteiger partial charge in [-0.1, -0.05) is 82.3 Å². The topological polar surface area (TPSA) is 60.6 Å². The zero-order chi connectivity index (χ0) is 23.8. The van der Waals surface area contributed by atoms with Gasteiger partial charge in [-0.2, -0.15) is 8.42 Å². The number of rotatable bonds is 6. The molecule has 0 amide bonds. The van der Waals surface area contributed by atoms with Gasteiger partial charge in [0.05, 0.1) is 0 Å². The van der Waals surface area contributed by atoms with Crippen molar-refractivity contribution in [3.8, 4) is 0 Å². The third-order valence-corrected chi connectivity index (χ3v) is 7.13. The summed E-state index contributed by atoms with van der Waals surface area (Å²) in [5.74, 6) is 0.774. The molecular formula is C27H31N2O3S+. The van der Waals surface area contributed by atoms with Crippen molar-refractivity contribution in [1.29, 1.82) is 0 Å². The van der Waals surface area contributed by atoms with Crippen LogP contribution < -0.4 is 4.90 Å². The zero-order valence-corrected chi connectivity index (χ0v) is 20.3. The second-order valence-electron chi connectivity index (χ2n) is 9.17. The Morgan fingerprint density at radius 1 is 0.909 bits per heavy atom. The highest BCUT2D eigenvalue weighted by atomic mass is 32.2. The molecule has 0 saturated heterocycles. The van der Waals surface area contributed by atoms with E-state index >= 15 is 0 Å². The monoisotopic (exact) mass is 463 g/mol. The molecule has 0 unspecified atom stereocenters. The second-order valence-corrected chi connectivity index (χ2v) is 10.6. The maximum Gasteiger partial charge on any atom is 0.298 e. The van der Waals surface area contributed by atoms with E-state index in [2.05, 4.69) is 62.6 Å². The third kappa shape index (κ3) is 4.72. The Morgan fingerprint density at radius 2 is 1.58 bits per heavy atom. The van der Waals surface area contributed by atoms with E-state index in [0.717, 1.165) is 11.3 Å². The molecule has 33 heavy (non-hydrogen) atoms. The normalized spacial score (nSPS) is 16.5. The standard InChI is InChI=1S/C27H30N2O3S/c1-19(2)22-14-15-24(23(16-22)20(3)4)28-17-26(21-10-6-5-7-11-21)29(18-28)25-12-8-9-13-27(25)33(30,31)32/h5-16,18-20,26H,17H2,1-4H3/p+1/t26-/m1/s1. The van der Waals surface area contributed by atoms with Crippen LogP contribution in [0, 0.1) is 0 Å². The summed E-state index contributed by atoms with van der Waals surface area (Å²) in [6.07, 6.45) is 1.97. The Kier molecular flexibility index (Phi) is 6.41. The highest BCUT2D eigenvalue weighted by Gasteiger charge is 2.38. The van der Waals surface area contributed by atoms with Gasteiger partial charge in [-0.15, -0.1) is 0 Å². The molecule has 3 aromatic rings. The summed E-state index contributed by atoms with van der Waals surface area (Å²) in [5.41, 5.74) is 5.21. The maximum absolute atomic E-state index is 12.2. The summed E-state index contributed by atoms with van der Waals surface area (Å²) in [5, 5.41) is 0. The lowest BCUT2D eigenvalue weighted by Crippen LogP contribution is -2.25. The molecule has 0 bridgehead atoms. The summed E-state index contributed by atoms with van der Waals surface area (Å²) < 4.78 is 36.4. The average molecular weight is 464 g/mol. The van der Waals surface area contributed by atoms with Gasteiger partial charge in [0.2, 0.25) is 6.34 Å². The molecule has 6 heteroatoms. The van der Waals surface area contributed by atoms with Gasteiger partial charge in [-0.3, -0.25) is 4.55 Å². The molecule has 1 aliphatic rings. The highest BCUT2D eigenvalue weighted by Crippen LogP contribution is 2.38. The van der Waals surface area contributed by atoms with Crippen LogP contribution in [0.15, 0.2) is 77.7 Å². The first kappa shape index (κ1) is 23.2. The fourth-order valence-electron chi connectivity index (χ4n) is 4.43. The first-order chi connectivity index (χ1) is 15.7. The van der Waals surface area contributed by atoms with Crippen molar-refractivity contribution >= 4 is 27.8 Å². The number of nitrogens with zero attached hydrogens (tertiary/aromatic N) is 2. The molecule has 0 radical (unpaired) electrons. The van der Waals surface area contributed by atoms with Crippen molar-refractivity contribution in [1.82, 2.24) is 0 Å². The predicted octanol–water partition coefficient (Wildman–Crippen LogP) is 6.11. The van der Waals surface area contributed by atoms with Gasteiger partial charge in [-0.05, 0) is 35.6 Å². The molecular weight excluding hydrogens is 432 g/mol. The van der Waals surface area contributed by atoms with E-state index in [1.807, 2.05) is 29.4 Å². The van der Waals surface area contributed by atoms with Crippen LogP contribution in [0.1, 0.15) is 62.3 Å². The SMILES string of the molecule is CC(C)c1ccc([N+]2=CN(c3ccccc3S(=O)(=O)O)[C@@H](c3ccccc3)C2)c(C(C)C)c1. The van der Waals surface area contributed by atoms with E-state index in [1.165, 1.54) is 17.2 Å². The van der Waals surface area contributed by atoms with Gasteiger partial charge in [0.25, 0.3) is 10.1 Å². The predicted molar refractivity (Wildman–Crippen MR) is 133 cm³/mol. The van der Waals surface area contributed by atoms with Gasteiger partial charge in [0.15, 0.2) is 6.04 Å². The summed E-state index contributed by atoms with van der Waals surface area (Å²) in [6, 6.07) is 23.2. The smallest absolute Gasteiger partial charge is 0.282 e. The van der Waals surface area contributed by atoms with Gasteiger partial charge in [0.1, 0.15) is 22.8 Å². The zero-order valence-electron chi connectivity index (χ0n) is 19.5. The minimum Gasteiger partial charge on any atom is -0.282 e. The van der Waals surface area contributed by atoms with Crippen LogP contribution in [0.4, 0.5) is 11.4 Å². The fourth-order valence-corrected chi connectivity index (χ4v) is 5.12. The molecule has 1 aliphatic heterocycles. The van der Waals surface area contributed by atoms with Gasteiger partial charge >= 0.3 is 0 Å². The van der Waals surface area contributed by atoms with Crippen molar-refractivity contribution in [2.24, 2.45) is 0 Å². The Balaban J connectivity index is 1.88. The van der Waals surface area contributed by atoms with Crippen LogP contribution in [0.2, 0.25) is 0 Å². The first-order valence-electron chi connectivity index (χ1n) is 11.3. The molecule has 172 valence electrons. The molecule has 0 fully saturated rings. The van der Waals surface area contributed by atoms with E-state index in [9.17, 15) is 13.0 Å². The molecule has 3 aromatic carbocycles. The Morgan fingerprint density at radius 3 is 2.21 bits per heavy atom. The van der Waals surface area contributed by atoms with Crippen LogP contribution in [0.3, 0.4) is 0 Å². The maximum atomic E-state index is 12.2. The van der Waals surface area contributed by atoms with E-state index in [-0.39, 0.29) is 10.9 Å². The largest absolute Gasteiger partial charge is 0.298 e. The molecule has 1 heterocycles. The lowest BCUT2D eigenvalue weighted by Gasteiger charge is -2.19. The van der Waals surface area contributed by atoms with E-state index in [0.29, 0.717) is 24.1 Å². The van der Waals surface area contributed by atoms with E-state index in [4.69, 9.17) is 0 Å². The van der Waals surface area contributed by atoms with E-state index in [1.54, 1.807) is 18.2 Å². The summed E-state index contributed by atoms with van der Waals surface area (Å²) in [4.78, 5) is 1.86. The molecule has 5 nitrogen and oxygen atoms in total. The number of benzene rings is 3. The number of hydrogen-bond acceptors (Lipinski definition) is 3. The van der Waals surface area contributed by atoms with Crippen molar-refractivity contribution in [2.45, 2.75) is 50.5 Å². The quantitative estimate of drug-likeness (QED) is 0.354. The van der Waals surface area contributed by atoms with Gasteiger partial charge in [-0.25, -0.2) is 9.48 Å². The molecule has 0 saturated carbocycles. The summed E-state index contributed by atoms with van der Waals surface area (Å²) in [6.45, 7) is 9.43. The van der Waals surface area contributed by atoms with Crippen LogP contribution in [0.5, 0.6) is 0 Å². The highest BCUT2D eigenvalue weighted by molar-refractivity contribution is 7.86. The van der Waals surface area contributed by atoms with Gasteiger partial charge < -0.3 is 0 Å². The Labute approximate surface area is 196 Å². The van der Waals surface area contributed by atoms with Crippen molar-refractivity contribution in [3.63, 3.8) is 0 Å². The van der Waals surface area contributed by atoms with Crippen molar-refractivity contribution in [3.05, 3.63) is 89.5 Å². The molecule has 0 spiro atoms. The molecule has 0 aromatic heterocycles. The van der Waals surface area contributed by atoms with Crippen LogP contribution in [-0.2, 0) is 10.1 Å². The van der Waals surface area contributed by atoms with Crippen molar-refractivity contribution < 1.29 is 17.5 Å². The lowest BCUT2D eigenvalue weighted by molar-refractivity contribution is -0.429. The first-order valence-corrected chi connectivity index (χ1v) is 12.8. The van der Waals surface area contributed by atoms with Crippen LogP contribution >= 0.6 is 0 Å². The van der Waals surface area contributed by atoms with E-state index < -0.39 is 10.1 Å². The average Bonchev–Trinajstić information content (AvgIpc) is 3.24. The lowest BCUT2D eigenvalue weighted by atomic mass is 9.94. The summed E-state index contributed by atoms with van der Waals surface area (Å²) in [7, 11) is -4.38.